The van der Waals surface area contributed by atoms with Crippen molar-refractivity contribution in [1.82, 2.24) is 0 Å². The average Bonchev–Trinajstić information content (AvgIpc) is 2.14. The third-order valence-corrected chi connectivity index (χ3v) is 1.39. The Balaban J connectivity index is 0. The number of thiophene rings is 1. The normalized spacial score (nSPS) is 6.67. The molecule has 0 saturated heterocycles. The van der Waals surface area contributed by atoms with E-state index in [0.717, 1.165) is 0 Å². The van der Waals surface area contributed by atoms with Crippen LogP contribution in [0, 0.1) is 0 Å². The summed E-state index contributed by atoms with van der Waals surface area (Å²) in [4.78, 5) is 10.4. The van der Waals surface area contributed by atoms with Gasteiger partial charge in [0.05, 0.1) is 0 Å². The van der Waals surface area contributed by atoms with Gasteiger partial charge in [-0.25, -0.2) is 0 Å². The molecule has 1 aromatic heterocycles. The van der Waals surface area contributed by atoms with E-state index in [0.29, 0.717) is 4.88 Å². The Morgan fingerprint density at radius 1 is 1.56 bits per heavy atom. The summed E-state index contributed by atoms with van der Waals surface area (Å²) in [7, 11) is 0. The van der Waals surface area contributed by atoms with Crippen molar-refractivity contribution in [2.45, 2.75) is 0 Å². The van der Waals surface area contributed by atoms with Crippen molar-refractivity contribution in [3.63, 3.8) is 0 Å². The van der Waals surface area contributed by atoms with Crippen molar-refractivity contribution >= 4 is 17.6 Å². The van der Waals surface area contributed by atoms with E-state index in [1.807, 2.05) is 11.4 Å². The molecule has 0 radical (unpaired) electrons. The molecule has 0 fully saturated rings. The molecule has 0 aliphatic rings. The van der Waals surface area contributed by atoms with Crippen LogP contribution >= 0.6 is 11.3 Å². The third kappa shape index (κ3) is 3.43. The maximum Gasteiger partial charge on any atom is 1.00 e. The molecule has 0 aliphatic carbocycles. The molecule has 0 bridgehead atoms. The molecule has 9 heavy (non-hydrogen) atoms. The van der Waals surface area contributed by atoms with E-state index < -0.39 is 0 Å². The van der Waals surface area contributed by atoms with E-state index in [1.165, 1.54) is 11.3 Å². The number of hydrogen-bond donors (Lipinski definition) is 0. The number of rotatable bonds is 1. The van der Waals surface area contributed by atoms with Gasteiger partial charge in [-0.05, 0) is 5.38 Å². The molecule has 0 spiro atoms. The summed E-state index contributed by atoms with van der Waals surface area (Å²) in [6.07, 6.45) is 1.78. The van der Waals surface area contributed by atoms with Crippen LogP contribution in [0.4, 0.5) is 0 Å². The van der Waals surface area contributed by atoms with E-state index in [4.69, 9.17) is 0 Å². The predicted molar refractivity (Wildman–Crippen MR) is 32.7 cm³/mol. The van der Waals surface area contributed by atoms with Gasteiger partial charge in [0.15, 0.2) is 0 Å². The van der Waals surface area contributed by atoms with Gasteiger partial charge in [-0.3, -0.25) is 0 Å². The molecule has 2 N–H and O–H groups in total. The molecular weight excluding hydrogens is 188 g/mol. The van der Waals surface area contributed by atoms with Gasteiger partial charge in [0.1, 0.15) is 0 Å². The zero-order valence-electron chi connectivity index (χ0n) is 4.35. The van der Waals surface area contributed by atoms with Crippen LogP contribution in [-0.2, 0) is 21.9 Å². The summed E-state index contributed by atoms with van der Waals surface area (Å²) in [6.45, 7) is 0. The van der Waals surface area contributed by atoms with Gasteiger partial charge in [0.25, 0.3) is 0 Å². The van der Waals surface area contributed by atoms with Gasteiger partial charge in [-0.2, -0.15) is 17.4 Å². The fourth-order valence-corrected chi connectivity index (χ4v) is 0.846. The SMILES string of the molecule is O.O=[C-]c1cccs1.[Cu+]. The topological polar surface area (TPSA) is 48.6 Å². The van der Waals surface area contributed by atoms with Gasteiger partial charge < -0.3 is 10.3 Å². The van der Waals surface area contributed by atoms with Crippen LogP contribution in [0.2, 0.25) is 0 Å². The van der Waals surface area contributed by atoms with Crippen molar-refractivity contribution < 1.29 is 27.3 Å². The Morgan fingerprint density at radius 2 is 2.22 bits per heavy atom. The van der Waals surface area contributed by atoms with E-state index in [2.05, 4.69) is 0 Å². The van der Waals surface area contributed by atoms with Crippen LogP contribution in [0.5, 0.6) is 0 Å². The fourth-order valence-electron chi connectivity index (χ4n) is 0.337. The van der Waals surface area contributed by atoms with E-state index >= 15 is 0 Å². The standard InChI is InChI=1S/C5H3OS.Cu.H2O/c6-4-5-2-1-3-7-5;;/h1-3H;;1H2/q-1;+1;. The number of hydrogen-bond acceptors (Lipinski definition) is 2. The Morgan fingerprint density at radius 3 is 2.44 bits per heavy atom. The summed E-state index contributed by atoms with van der Waals surface area (Å²) in [6, 6.07) is 3.56. The van der Waals surface area contributed by atoms with Crippen molar-refractivity contribution in [3.05, 3.63) is 22.4 Å². The van der Waals surface area contributed by atoms with Crippen LogP contribution in [0.25, 0.3) is 0 Å². The predicted octanol–water partition coefficient (Wildman–Crippen LogP) is 0.379. The van der Waals surface area contributed by atoms with Crippen LogP contribution in [-0.4, -0.2) is 11.8 Å². The first-order chi connectivity index (χ1) is 3.43. The summed E-state index contributed by atoms with van der Waals surface area (Å²) < 4.78 is 0. The smallest absolute Gasteiger partial charge is 0.417 e. The second-order valence-electron chi connectivity index (χ2n) is 1.08. The Kier molecular flexibility index (Phi) is 7.72. The largest absolute Gasteiger partial charge is 1.00 e. The van der Waals surface area contributed by atoms with Crippen LogP contribution in [0.3, 0.4) is 0 Å². The van der Waals surface area contributed by atoms with Crippen molar-refractivity contribution in [3.8, 4) is 0 Å². The first kappa shape index (κ1) is 11.6. The first-order valence-corrected chi connectivity index (χ1v) is 2.73. The van der Waals surface area contributed by atoms with Gasteiger partial charge in [0.2, 0.25) is 0 Å². The average molecular weight is 193 g/mol. The van der Waals surface area contributed by atoms with Crippen LogP contribution in [0.1, 0.15) is 4.88 Å². The summed E-state index contributed by atoms with van der Waals surface area (Å²) in [5, 5.41) is 1.85. The maximum atomic E-state index is 9.75. The monoisotopic (exact) mass is 192 g/mol. The molecule has 54 valence electrons. The summed E-state index contributed by atoms with van der Waals surface area (Å²) >= 11 is 1.40. The molecule has 0 atom stereocenters. The molecule has 1 rings (SSSR count). The summed E-state index contributed by atoms with van der Waals surface area (Å²) in [5.74, 6) is 0. The van der Waals surface area contributed by atoms with E-state index in [-0.39, 0.29) is 22.5 Å². The fraction of sp³-hybridized carbons (Fsp3) is 0. The van der Waals surface area contributed by atoms with Crippen LogP contribution in [0.15, 0.2) is 17.5 Å². The molecule has 0 aromatic carbocycles. The molecule has 2 nitrogen and oxygen atoms in total. The Hall–Kier alpha value is -0.151. The van der Waals surface area contributed by atoms with Crippen molar-refractivity contribution in [1.29, 1.82) is 0 Å². The first-order valence-electron chi connectivity index (χ1n) is 1.85. The molecule has 1 heterocycles. The molecule has 1 aromatic rings. The van der Waals surface area contributed by atoms with Gasteiger partial charge in [-0.1, -0.05) is 0 Å². The molecule has 0 aliphatic heterocycles. The molecule has 0 unspecified atom stereocenters. The molecule has 0 amide bonds. The molecular formula is C5H5CuO2S. The third-order valence-electron chi connectivity index (χ3n) is 0.622. The minimum absolute atomic E-state index is 0. The van der Waals surface area contributed by atoms with E-state index in [9.17, 15) is 4.79 Å². The second-order valence-corrected chi connectivity index (χ2v) is 2.03. The van der Waals surface area contributed by atoms with E-state index in [1.54, 1.807) is 12.4 Å². The van der Waals surface area contributed by atoms with Gasteiger partial charge >= 0.3 is 17.1 Å². The Labute approximate surface area is 67.7 Å². The zero-order valence-corrected chi connectivity index (χ0v) is 6.11. The quantitative estimate of drug-likeness (QED) is 0.469. The number of carbonyl (C=O) groups excluding carboxylic acids is 1. The molecule has 0 saturated carbocycles. The zero-order chi connectivity index (χ0) is 5.11. The minimum Gasteiger partial charge on any atom is -0.417 e. The second kappa shape index (κ2) is 5.98. The molecule has 4 heteroatoms. The maximum absolute atomic E-state index is 9.75. The van der Waals surface area contributed by atoms with Crippen molar-refractivity contribution in [2.75, 3.05) is 0 Å². The van der Waals surface area contributed by atoms with Gasteiger partial charge in [-0.15, -0.1) is 10.9 Å². The van der Waals surface area contributed by atoms with Gasteiger partial charge in [0, 0.05) is 6.29 Å². The summed E-state index contributed by atoms with van der Waals surface area (Å²) in [5.41, 5.74) is 0. The van der Waals surface area contributed by atoms with Crippen LogP contribution < -0.4 is 0 Å². The Bertz CT molecular complexity index is 150. The minimum atomic E-state index is 0. The van der Waals surface area contributed by atoms with Crippen molar-refractivity contribution in [2.24, 2.45) is 0 Å².